The zero-order valence-corrected chi connectivity index (χ0v) is 16.7. The second-order valence-corrected chi connectivity index (χ2v) is 5.97. The molecule has 2 aromatic rings. The summed E-state index contributed by atoms with van der Waals surface area (Å²) in [7, 11) is 1.51. The highest BCUT2D eigenvalue weighted by Gasteiger charge is 2.17. The molecule has 0 unspecified atom stereocenters. The molecule has 0 radical (unpaired) electrons. The molecule has 6 nitrogen and oxygen atoms in total. The number of allylic oxidation sites excluding steroid dienone is 1. The number of halogens is 1. The maximum atomic E-state index is 13.0. The SMILES string of the molecule is C/C=C/c1ccc(OCC(=O)OCC(=O)N(CC)c2ccc(F)cc2)c(OC)c1. The summed E-state index contributed by atoms with van der Waals surface area (Å²) in [6.07, 6.45) is 3.81. The first-order valence-corrected chi connectivity index (χ1v) is 9.13. The van der Waals surface area contributed by atoms with Crippen LogP contribution in [0, 0.1) is 5.82 Å². The van der Waals surface area contributed by atoms with E-state index < -0.39 is 24.3 Å². The van der Waals surface area contributed by atoms with Crippen LogP contribution >= 0.6 is 0 Å². The highest BCUT2D eigenvalue weighted by Crippen LogP contribution is 2.28. The minimum absolute atomic E-state index is 0.355. The van der Waals surface area contributed by atoms with Crippen LogP contribution in [0.4, 0.5) is 10.1 Å². The summed E-state index contributed by atoms with van der Waals surface area (Å²) in [5.74, 6) is -0.618. The normalized spacial score (nSPS) is 10.6. The Balaban J connectivity index is 1.89. The maximum absolute atomic E-state index is 13.0. The van der Waals surface area contributed by atoms with E-state index in [4.69, 9.17) is 14.2 Å². The van der Waals surface area contributed by atoms with Crippen LogP contribution in [0.15, 0.2) is 48.5 Å². The van der Waals surface area contributed by atoms with Gasteiger partial charge in [-0.05, 0) is 55.8 Å². The number of likely N-dealkylation sites (N-methyl/N-ethyl adjacent to an activating group) is 1. The van der Waals surface area contributed by atoms with Gasteiger partial charge in [-0.1, -0.05) is 18.2 Å². The topological polar surface area (TPSA) is 65.1 Å². The third kappa shape index (κ3) is 6.34. The number of nitrogens with zero attached hydrogens (tertiary/aromatic N) is 1. The van der Waals surface area contributed by atoms with Crippen molar-refractivity contribution in [1.29, 1.82) is 0 Å². The molecule has 1 amide bonds. The molecule has 154 valence electrons. The first-order chi connectivity index (χ1) is 14.0. The van der Waals surface area contributed by atoms with Crippen molar-refractivity contribution < 1.29 is 28.2 Å². The van der Waals surface area contributed by atoms with Crippen LogP contribution in [0.3, 0.4) is 0 Å². The molecule has 0 bridgehead atoms. The third-order valence-corrected chi connectivity index (χ3v) is 4.00. The summed E-state index contributed by atoms with van der Waals surface area (Å²) in [6.45, 7) is 3.23. The van der Waals surface area contributed by atoms with Gasteiger partial charge in [-0.15, -0.1) is 0 Å². The molecule has 0 heterocycles. The summed E-state index contributed by atoms with van der Waals surface area (Å²) in [6, 6.07) is 10.8. The molecule has 0 fully saturated rings. The van der Waals surface area contributed by atoms with Crippen molar-refractivity contribution in [3.63, 3.8) is 0 Å². The fourth-order valence-corrected chi connectivity index (χ4v) is 2.62. The molecule has 0 saturated carbocycles. The largest absolute Gasteiger partial charge is 0.493 e. The highest BCUT2D eigenvalue weighted by molar-refractivity contribution is 5.95. The van der Waals surface area contributed by atoms with Crippen LogP contribution in [0.5, 0.6) is 11.5 Å². The van der Waals surface area contributed by atoms with E-state index in [1.807, 2.05) is 25.1 Å². The van der Waals surface area contributed by atoms with Crippen molar-refractivity contribution >= 4 is 23.6 Å². The van der Waals surface area contributed by atoms with E-state index in [1.165, 1.54) is 36.3 Å². The Kier molecular flexibility index (Phi) is 8.21. The Labute approximate surface area is 169 Å². The second kappa shape index (κ2) is 10.8. The zero-order chi connectivity index (χ0) is 21.2. The Morgan fingerprint density at radius 1 is 1.07 bits per heavy atom. The first kappa shape index (κ1) is 21.9. The number of anilines is 1. The number of rotatable bonds is 9. The van der Waals surface area contributed by atoms with E-state index in [0.717, 1.165) is 5.56 Å². The van der Waals surface area contributed by atoms with Gasteiger partial charge >= 0.3 is 5.97 Å². The molecule has 2 rings (SSSR count). The summed E-state index contributed by atoms with van der Waals surface area (Å²) in [5, 5.41) is 0. The number of hydrogen-bond acceptors (Lipinski definition) is 5. The zero-order valence-electron chi connectivity index (χ0n) is 16.7. The summed E-state index contributed by atoms with van der Waals surface area (Å²) < 4.78 is 28.8. The van der Waals surface area contributed by atoms with E-state index in [0.29, 0.717) is 23.7 Å². The summed E-state index contributed by atoms with van der Waals surface area (Å²) in [5.41, 5.74) is 1.46. The van der Waals surface area contributed by atoms with Crippen molar-refractivity contribution in [2.45, 2.75) is 13.8 Å². The van der Waals surface area contributed by atoms with Gasteiger partial charge in [-0.2, -0.15) is 0 Å². The van der Waals surface area contributed by atoms with E-state index in [-0.39, 0.29) is 6.61 Å². The lowest BCUT2D eigenvalue weighted by atomic mass is 10.2. The molecule has 0 N–H and O–H groups in total. The van der Waals surface area contributed by atoms with E-state index in [2.05, 4.69) is 0 Å². The smallest absolute Gasteiger partial charge is 0.344 e. The minimum Gasteiger partial charge on any atom is -0.493 e. The van der Waals surface area contributed by atoms with Gasteiger partial charge in [-0.3, -0.25) is 4.79 Å². The van der Waals surface area contributed by atoms with Gasteiger partial charge in [0.1, 0.15) is 5.82 Å². The van der Waals surface area contributed by atoms with Gasteiger partial charge in [0.05, 0.1) is 7.11 Å². The van der Waals surface area contributed by atoms with E-state index in [1.54, 1.807) is 19.1 Å². The lowest BCUT2D eigenvalue weighted by Gasteiger charge is -2.20. The Morgan fingerprint density at radius 2 is 1.79 bits per heavy atom. The molecule has 0 aliphatic heterocycles. The van der Waals surface area contributed by atoms with Crippen molar-refractivity contribution in [3.8, 4) is 11.5 Å². The lowest BCUT2D eigenvalue weighted by molar-refractivity contribution is -0.149. The van der Waals surface area contributed by atoms with Gasteiger partial charge in [0, 0.05) is 12.2 Å². The molecule has 0 saturated heterocycles. The number of esters is 1. The molecule has 7 heteroatoms. The molecular weight excluding hydrogens is 377 g/mol. The summed E-state index contributed by atoms with van der Waals surface area (Å²) >= 11 is 0. The maximum Gasteiger partial charge on any atom is 0.344 e. The molecule has 0 aliphatic rings. The van der Waals surface area contributed by atoms with E-state index in [9.17, 15) is 14.0 Å². The molecule has 0 aromatic heterocycles. The molecule has 0 spiro atoms. The number of methoxy groups -OCH3 is 1. The van der Waals surface area contributed by atoms with Crippen LogP contribution in [0.1, 0.15) is 19.4 Å². The van der Waals surface area contributed by atoms with Gasteiger partial charge in [0.15, 0.2) is 24.7 Å². The van der Waals surface area contributed by atoms with Crippen LogP contribution in [0.25, 0.3) is 6.08 Å². The molecule has 0 atom stereocenters. The molecule has 2 aromatic carbocycles. The van der Waals surface area contributed by atoms with Crippen molar-refractivity contribution in [1.82, 2.24) is 0 Å². The number of hydrogen-bond donors (Lipinski definition) is 0. The Morgan fingerprint density at radius 3 is 2.41 bits per heavy atom. The van der Waals surface area contributed by atoms with Crippen LogP contribution < -0.4 is 14.4 Å². The van der Waals surface area contributed by atoms with Gasteiger partial charge in [0.2, 0.25) is 0 Å². The number of benzene rings is 2. The van der Waals surface area contributed by atoms with Gasteiger partial charge < -0.3 is 19.1 Å². The quantitative estimate of drug-likeness (QED) is 0.598. The van der Waals surface area contributed by atoms with Crippen molar-refractivity contribution in [3.05, 3.63) is 59.9 Å². The van der Waals surface area contributed by atoms with Crippen LogP contribution in [0.2, 0.25) is 0 Å². The third-order valence-electron chi connectivity index (χ3n) is 4.00. The predicted molar refractivity (Wildman–Crippen MR) is 109 cm³/mol. The predicted octanol–water partition coefficient (Wildman–Crippen LogP) is 3.84. The van der Waals surface area contributed by atoms with Crippen LogP contribution in [-0.2, 0) is 14.3 Å². The van der Waals surface area contributed by atoms with Crippen molar-refractivity contribution in [2.24, 2.45) is 0 Å². The number of ether oxygens (including phenoxy) is 3. The average molecular weight is 401 g/mol. The Hall–Kier alpha value is -3.35. The fourth-order valence-electron chi connectivity index (χ4n) is 2.62. The minimum atomic E-state index is -0.687. The fraction of sp³-hybridized carbons (Fsp3) is 0.273. The lowest BCUT2D eigenvalue weighted by Crippen LogP contribution is -2.35. The van der Waals surface area contributed by atoms with E-state index >= 15 is 0 Å². The second-order valence-electron chi connectivity index (χ2n) is 5.97. The molecule has 29 heavy (non-hydrogen) atoms. The highest BCUT2D eigenvalue weighted by atomic mass is 19.1. The van der Waals surface area contributed by atoms with Crippen molar-refractivity contribution in [2.75, 3.05) is 31.8 Å². The number of amides is 1. The molecule has 0 aliphatic carbocycles. The average Bonchev–Trinajstić information content (AvgIpc) is 2.73. The number of carbonyl (C=O) groups excluding carboxylic acids is 2. The van der Waals surface area contributed by atoms with Gasteiger partial charge in [0.25, 0.3) is 5.91 Å². The monoisotopic (exact) mass is 401 g/mol. The van der Waals surface area contributed by atoms with Gasteiger partial charge in [-0.25, -0.2) is 9.18 Å². The Bertz CT molecular complexity index is 864. The number of carbonyl (C=O) groups is 2. The first-order valence-electron chi connectivity index (χ1n) is 9.13. The summed E-state index contributed by atoms with van der Waals surface area (Å²) in [4.78, 5) is 25.7. The molecular formula is C22H24FNO5. The standard InChI is InChI=1S/C22H24FNO5/c1-4-6-16-7-12-19(20(13-16)27-3)28-15-22(26)29-14-21(25)24(5-2)18-10-8-17(23)9-11-18/h4,6-13H,5,14-15H2,1-3H3/b6-4+. The van der Waals surface area contributed by atoms with Crippen LogP contribution in [-0.4, -0.2) is 38.7 Å².